The largest absolute Gasteiger partial charge is 0.481 e. The molecule has 1 aliphatic heterocycles. The molecule has 1 unspecified atom stereocenters. The summed E-state index contributed by atoms with van der Waals surface area (Å²) in [6, 6.07) is 0. The monoisotopic (exact) mass is 630 g/mol. The predicted molar refractivity (Wildman–Crippen MR) is 153 cm³/mol. The van der Waals surface area contributed by atoms with E-state index in [1.54, 1.807) is 0 Å². The average molecular weight is 631 g/mol. The zero-order chi connectivity index (χ0) is 30.4. The molecular weight excluding hydrogens is 580 g/mol. The summed E-state index contributed by atoms with van der Waals surface area (Å²) in [5.41, 5.74) is 0. The molecule has 0 spiro atoms. The molecule has 1 saturated heterocycles. The van der Waals surface area contributed by atoms with Crippen LogP contribution in [0.2, 0.25) is 18.1 Å². The highest BCUT2D eigenvalue weighted by atomic mass is 32.2. The number of ether oxygens (including phenoxy) is 2. The molecular formula is C26H50O11S2Si. The maximum absolute atomic E-state index is 12.2. The van der Waals surface area contributed by atoms with Gasteiger partial charge < -0.3 is 19.0 Å². The van der Waals surface area contributed by atoms with Crippen molar-refractivity contribution in [2.75, 3.05) is 25.7 Å². The van der Waals surface area contributed by atoms with Gasteiger partial charge in [0.1, 0.15) is 0 Å². The van der Waals surface area contributed by atoms with E-state index >= 15 is 0 Å². The van der Waals surface area contributed by atoms with Gasteiger partial charge in [-0.15, -0.1) is 0 Å². The van der Waals surface area contributed by atoms with Crippen LogP contribution in [0.4, 0.5) is 0 Å². The van der Waals surface area contributed by atoms with E-state index in [0.29, 0.717) is 26.1 Å². The van der Waals surface area contributed by atoms with E-state index in [1.807, 2.05) is 0 Å². The van der Waals surface area contributed by atoms with Crippen LogP contribution in [-0.4, -0.2) is 86.6 Å². The van der Waals surface area contributed by atoms with Crippen molar-refractivity contribution in [2.45, 2.75) is 121 Å². The molecule has 1 heterocycles. The maximum Gasteiger partial charge on any atom is 0.303 e. The van der Waals surface area contributed by atoms with E-state index in [0.717, 1.165) is 31.8 Å². The molecule has 0 amide bonds. The summed E-state index contributed by atoms with van der Waals surface area (Å²) < 4.78 is 78.1. The second-order valence-electron chi connectivity index (χ2n) is 12.7. The lowest BCUT2D eigenvalue weighted by molar-refractivity contribution is -0.197. The van der Waals surface area contributed by atoms with Crippen LogP contribution in [0, 0.1) is 11.8 Å². The molecule has 2 rings (SSSR count). The Morgan fingerprint density at radius 3 is 2.23 bits per heavy atom. The first-order chi connectivity index (χ1) is 18.3. The molecule has 0 bridgehead atoms. The number of carboxylic acids is 1. The van der Waals surface area contributed by atoms with Crippen LogP contribution in [0.15, 0.2) is 0 Å². The van der Waals surface area contributed by atoms with Gasteiger partial charge in [-0.1, -0.05) is 20.8 Å². The smallest absolute Gasteiger partial charge is 0.303 e. The Morgan fingerprint density at radius 2 is 1.70 bits per heavy atom. The minimum atomic E-state index is -3.79. The van der Waals surface area contributed by atoms with Gasteiger partial charge >= 0.3 is 5.97 Å². The van der Waals surface area contributed by atoms with Crippen molar-refractivity contribution in [3.8, 4) is 0 Å². The second-order valence-corrected chi connectivity index (χ2v) is 20.7. The van der Waals surface area contributed by atoms with Crippen molar-refractivity contribution in [3.05, 3.63) is 0 Å². The number of aliphatic carboxylic acids is 1. The fourth-order valence-corrected chi connectivity index (χ4v) is 7.53. The fraction of sp³-hybridized carbons (Fsp3) is 0.962. The summed E-state index contributed by atoms with van der Waals surface area (Å²) in [6.45, 7) is 11.7. The topological polar surface area (TPSA) is 152 Å². The van der Waals surface area contributed by atoms with Crippen LogP contribution >= 0.6 is 0 Å². The third-order valence-electron chi connectivity index (χ3n) is 8.22. The second kappa shape index (κ2) is 14.7. The first kappa shape index (κ1) is 35.6. The third kappa shape index (κ3) is 12.3. The lowest BCUT2D eigenvalue weighted by Gasteiger charge is -2.39. The summed E-state index contributed by atoms with van der Waals surface area (Å²) in [5, 5.41) is 8.98. The van der Waals surface area contributed by atoms with Gasteiger partial charge in [-0.2, -0.15) is 16.8 Å². The summed E-state index contributed by atoms with van der Waals surface area (Å²) in [5.74, 6) is -1.51. The molecule has 1 saturated carbocycles. The number of carbonyl (C=O) groups is 1. The van der Waals surface area contributed by atoms with Gasteiger partial charge in [0, 0.05) is 32.0 Å². The van der Waals surface area contributed by atoms with E-state index in [1.165, 1.54) is 0 Å². The summed E-state index contributed by atoms with van der Waals surface area (Å²) >= 11 is 0. The highest BCUT2D eigenvalue weighted by Crippen LogP contribution is 2.44. The Balaban J connectivity index is 2.32. The van der Waals surface area contributed by atoms with Crippen LogP contribution in [0.25, 0.3) is 0 Å². The zero-order valence-corrected chi connectivity index (χ0v) is 27.7. The van der Waals surface area contributed by atoms with Crippen LogP contribution in [0.1, 0.15) is 78.6 Å². The highest BCUT2D eigenvalue weighted by Gasteiger charge is 2.48. The minimum Gasteiger partial charge on any atom is -0.481 e. The molecule has 2 aliphatic rings. The molecule has 0 aromatic heterocycles. The predicted octanol–water partition coefficient (Wildman–Crippen LogP) is 4.28. The fourth-order valence-electron chi connectivity index (χ4n) is 5.13. The van der Waals surface area contributed by atoms with Gasteiger partial charge in [-0.05, 0) is 69.0 Å². The summed E-state index contributed by atoms with van der Waals surface area (Å²) in [7, 11) is -9.74. The average Bonchev–Trinajstić information content (AvgIpc) is 3.08. The van der Waals surface area contributed by atoms with Crippen molar-refractivity contribution in [3.63, 3.8) is 0 Å². The van der Waals surface area contributed by atoms with E-state index in [9.17, 15) is 21.6 Å². The van der Waals surface area contributed by atoms with Gasteiger partial charge in [0.15, 0.2) is 14.6 Å². The van der Waals surface area contributed by atoms with E-state index in [2.05, 4.69) is 33.9 Å². The van der Waals surface area contributed by atoms with Crippen LogP contribution in [0.3, 0.4) is 0 Å². The maximum atomic E-state index is 12.2. The first-order valence-electron chi connectivity index (χ1n) is 14.2. The molecule has 0 aromatic carbocycles. The third-order valence-corrected chi connectivity index (χ3v) is 13.9. The Morgan fingerprint density at radius 1 is 1.02 bits per heavy atom. The quantitative estimate of drug-likeness (QED) is 0.192. The first-order valence-corrected chi connectivity index (χ1v) is 20.7. The molecule has 6 atom stereocenters. The normalized spacial score (nSPS) is 27.5. The molecule has 2 fully saturated rings. The number of carboxylic acid groups (broad SMARTS) is 1. The Labute approximate surface area is 242 Å². The van der Waals surface area contributed by atoms with Gasteiger partial charge in [-0.25, -0.2) is 0 Å². The van der Waals surface area contributed by atoms with Crippen LogP contribution < -0.4 is 0 Å². The Kier molecular flexibility index (Phi) is 13.1. The van der Waals surface area contributed by atoms with Gasteiger partial charge in [0.25, 0.3) is 20.2 Å². The summed E-state index contributed by atoms with van der Waals surface area (Å²) in [4.78, 5) is 11.0. The Bertz CT molecular complexity index is 1020. The van der Waals surface area contributed by atoms with Gasteiger partial charge in [0.2, 0.25) is 0 Å². The van der Waals surface area contributed by atoms with Crippen molar-refractivity contribution >= 4 is 34.5 Å². The van der Waals surface area contributed by atoms with E-state index < -0.39 is 46.7 Å². The lowest BCUT2D eigenvalue weighted by Crippen LogP contribution is -2.44. The number of rotatable bonds is 16. The molecule has 11 nitrogen and oxygen atoms in total. The van der Waals surface area contributed by atoms with Crippen molar-refractivity contribution in [1.29, 1.82) is 0 Å². The van der Waals surface area contributed by atoms with Crippen LogP contribution in [0.5, 0.6) is 0 Å². The molecule has 14 heteroatoms. The van der Waals surface area contributed by atoms with Gasteiger partial charge in [-0.3, -0.25) is 13.2 Å². The molecule has 0 radical (unpaired) electrons. The molecule has 236 valence electrons. The molecule has 0 aromatic rings. The van der Waals surface area contributed by atoms with E-state index in [-0.39, 0.29) is 55.0 Å². The van der Waals surface area contributed by atoms with Crippen molar-refractivity contribution in [1.82, 2.24) is 0 Å². The SMILES string of the molecule is CC(C)(C)[Si](C)(C)OC[C@@H]1[C@@H](CC[C@@H](CCCC(=O)O)OS(C)(=O)=O)[C@@H](OS(C)(=O)=O)C[C@H]1OC1CCCCO1. The molecule has 1 N–H and O–H groups in total. The number of hydrogen-bond donors (Lipinski definition) is 1. The molecule has 1 aliphatic carbocycles. The van der Waals surface area contributed by atoms with Crippen molar-refractivity contribution < 1.29 is 49.0 Å². The minimum absolute atomic E-state index is 0.0366. The lowest BCUT2D eigenvalue weighted by atomic mass is 9.88. The highest BCUT2D eigenvalue weighted by molar-refractivity contribution is 7.86. The zero-order valence-electron chi connectivity index (χ0n) is 25.1. The Hall–Kier alpha value is -0.613. The number of hydrogen-bond acceptors (Lipinski definition) is 10. The molecule has 40 heavy (non-hydrogen) atoms. The van der Waals surface area contributed by atoms with Crippen LogP contribution in [-0.2, 0) is 47.3 Å². The summed E-state index contributed by atoms with van der Waals surface area (Å²) in [6.07, 6.45) is 3.91. The van der Waals surface area contributed by atoms with Crippen molar-refractivity contribution in [2.24, 2.45) is 11.8 Å². The standard InChI is InChI=1S/C26H50O11S2Si/c1-26(2,3)40(6,7)34-18-21-20(15-14-19(36-38(4,29)30)11-10-12-24(27)28)23(37-39(5,31)32)17-22(21)35-25-13-8-9-16-33-25/h19-23,25H,8-18H2,1-7H3,(H,27,28)/t19-,20-,21-,22-,23+,25?/m1/s1. The van der Waals surface area contributed by atoms with Gasteiger partial charge in [0.05, 0.1) is 30.8 Å². The van der Waals surface area contributed by atoms with E-state index in [4.69, 9.17) is 27.4 Å².